The fraction of sp³-hybridized carbons (Fsp3) is 0. The molecule has 4 heteroatoms. The van der Waals surface area contributed by atoms with Crippen LogP contribution in [0.1, 0.15) is 0 Å². The van der Waals surface area contributed by atoms with Gasteiger partial charge in [0, 0.05) is 6.08 Å². The third-order valence-corrected chi connectivity index (χ3v) is 0.175. The molecule has 0 spiro atoms. The molecule has 0 saturated heterocycles. The van der Waals surface area contributed by atoms with Crippen LogP contribution in [0.4, 0.5) is 0 Å². The van der Waals surface area contributed by atoms with Crippen molar-refractivity contribution in [1.29, 1.82) is 5.41 Å². The van der Waals surface area contributed by atoms with Crippen molar-refractivity contribution < 1.29 is 9.90 Å². The number of carbonyl (C=O) groups is 1. The molecular formula is C4H5NO2S. The van der Waals surface area contributed by atoms with Crippen molar-refractivity contribution in [3.63, 3.8) is 0 Å². The van der Waals surface area contributed by atoms with E-state index in [0.717, 1.165) is 6.08 Å². The van der Waals surface area contributed by atoms with Gasteiger partial charge < -0.3 is 5.11 Å². The van der Waals surface area contributed by atoms with Crippen LogP contribution < -0.4 is 0 Å². The molecule has 0 aliphatic rings. The largest absolute Gasteiger partial charge is 0.478 e. The predicted octanol–water partition coefficient (Wildman–Crippen LogP) is 0.925. The topological polar surface area (TPSA) is 61.1 Å². The lowest BCUT2D eigenvalue weighted by Crippen LogP contribution is -1.82. The minimum atomic E-state index is -0.981. The first-order valence-corrected chi connectivity index (χ1v) is 1.99. The highest BCUT2D eigenvalue weighted by molar-refractivity contribution is 7.78. The Bertz CT molecular complexity index is 115. The van der Waals surface area contributed by atoms with E-state index in [1.807, 2.05) is 0 Å². The number of hydrogen-bond donors (Lipinski definition) is 2. The monoisotopic (exact) mass is 131 g/mol. The molecule has 8 heavy (non-hydrogen) atoms. The summed E-state index contributed by atoms with van der Waals surface area (Å²) in [6.07, 6.45) is 0.833. The Morgan fingerprint density at radius 1 is 2.00 bits per heavy atom. The second-order valence-electron chi connectivity index (χ2n) is 0.644. The Kier molecular flexibility index (Phi) is 11.8. The van der Waals surface area contributed by atoms with E-state index in [-0.39, 0.29) is 0 Å². The molecule has 0 fully saturated rings. The fourth-order valence-corrected chi connectivity index (χ4v) is 0. The standard InChI is InChI=1S/C3H4O2.CHNS/c1-2-3(4)5;2-1-3/h2H,1H2,(H,4,5);2H. The lowest BCUT2D eigenvalue weighted by Gasteiger charge is -1.64. The van der Waals surface area contributed by atoms with Crippen molar-refractivity contribution in [2.75, 3.05) is 0 Å². The molecule has 0 radical (unpaired) electrons. The van der Waals surface area contributed by atoms with Crippen LogP contribution in [-0.4, -0.2) is 16.2 Å². The first kappa shape index (κ1) is 10.1. The average Bonchev–Trinajstić information content (AvgIpc) is 1.69. The highest BCUT2D eigenvalue weighted by atomic mass is 32.1. The maximum absolute atomic E-state index is 9.25. The van der Waals surface area contributed by atoms with Gasteiger partial charge in [0.15, 0.2) is 0 Å². The Morgan fingerprint density at radius 3 is 2.12 bits per heavy atom. The van der Waals surface area contributed by atoms with Crippen LogP contribution >= 0.6 is 12.2 Å². The maximum atomic E-state index is 9.25. The molecule has 44 valence electrons. The van der Waals surface area contributed by atoms with Crippen molar-refractivity contribution in [2.45, 2.75) is 0 Å². The molecule has 3 nitrogen and oxygen atoms in total. The highest BCUT2D eigenvalue weighted by Crippen LogP contribution is 1.54. The van der Waals surface area contributed by atoms with Crippen molar-refractivity contribution in [2.24, 2.45) is 0 Å². The van der Waals surface area contributed by atoms with Gasteiger partial charge in [-0.3, -0.25) is 0 Å². The summed E-state index contributed by atoms with van der Waals surface area (Å²) in [4.78, 5) is 9.25. The number of isothiocyanates is 1. The molecule has 0 aromatic heterocycles. The maximum Gasteiger partial charge on any atom is 0.327 e. The first-order chi connectivity index (χ1) is 3.68. The molecule has 0 rings (SSSR count). The summed E-state index contributed by atoms with van der Waals surface area (Å²) >= 11 is 3.81. The second kappa shape index (κ2) is 9.38. The Balaban J connectivity index is 0. The number of thiocarbonyl (C=S) groups is 1. The predicted molar refractivity (Wildman–Crippen MR) is 33.2 cm³/mol. The van der Waals surface area contributed by atoms with Crippen LogP contribution in [0.3, 0.4) is 0 Å². The zero-order valence-corrected chi connectivity index (χ0v) is 4.86. The second-order valence-corrected chi connectivity index (χ2v) is 0.849. The van der Waals surface area contributed by atoms with Gasteiger partial charge in [0.2, 0.25) is 0 Å². The zero-order chi connectivity index (χ0) is 6.99. The fourth-order valence-electron chi connectivity index (χ4n) is 0. The van der Waals surface area contributed by atoms with Gasteiger partial charge in [-0.05, 0) is 12.2 Å². The molecule has 0 aliphatic carbocycles. The Hall–Kier alpha value is -0.990. The lowest BCUT2D eigenvalue weighted by molar-refractivity contribution is -0.131. The van der Waals surface area contributed by atoms with Crippen molar-refractivity contribution in [3.05, 3.63) is 12.7 Å². The number of rotatable bonds is 1. The van der Waals surface area contributed by atoms with E-state index < -0.39 is 5.97 Å². The Labute approximate surface area is 52.2 Å². The minimum Gasteiger partial charge on any atom is -0.478 e. The van der Waals surface area contributed by atoms with E-state index in [1.54, 1.807) is 5.16 Å². The molecule has 0 aliphatic heterocycles. The molecule has 0 aromatic carbocycles. The van der Waals surface area contributed by atoms with Crippen molar-refractivity contribution in [1.82, 2.24) is 0 Å². The normalized spacial score (nSPS) is 5.00. The average molecular weight is 131 g/mol. The minimum absolute atomic E-state index is 0.833. The summed E-state index contributed by atoms with van der Waals surface area (Å²) in [7, 11) is 0. The van der Waals surface area contributed by atoms with Crippen molar-refractivity contribution >= 4 is 23.3 Å². The van der Waals surface area contributed by atoms with Gasteiger partial charge in [-0.15, -0.1) is 0 Å². The molecule has 0 atom stereocenters. The molecule has 0 bridgehead atoms. The van der Waals surface area contributed by atoms with Crippen LogP contribution in [0.5, 0.6) is 0 Å². The van der Waals surface area contributed by atoms with Crippen LogP contribution in [0.15, 0.2) is 12.7 Å². The van der Waals surface area contributed by atoms with Crippen LogP contribution in [0, 0.1) is 5.41 Å². The molecule has 0 heterocycles. The molecule has 0 amide bonds. The Morgan fingerprint density at radius 2 is 2.12 bits per heavy atom. The van der Waals surface area contributed by atoms with Crippen LogP contribution in [0.25, 0.3) is 0 Å². The van der Waals surface area contributed by atoms with Crippen LogP contribution in [-0.2, 0) is 4.79 Å². The van der Waals surface area contributed by atoms with E-state index in [0.29, 0.717) is 0 Å². The quantitative estimate of drug-likeness (QED) is 0.316. The molecule has 0 unspecified atom stereocenters. The van der Waals surface area contributed by atoms with Gasteiger partial charge in [0.1, 0.15) is 0 Å². The van der Waals surface area contributed by atoms with Gasteiger partial charge in [-0.1, -0.05) is 6.58 Å². The first-order valence-electron chi connectivity index (χ1n) is 1.58. The molecular weight excluding hydrogens is 126 g/mol. The number of aliphatic carboxylic acids is 1. The molecule has 0 saturated carbocycles. The van der Waals surface area contributed by atoms with Crippen molar-refractivity contribution in [3.8, 4) is 0 Å². The third-order valence-electron chi connectivity index (χ3n) is 0.175. The van der Waals surface area contributed by atoms with E-state index in [2.05, 4.69) is 18.8 Å². The van der Waals surface area contributed by atoms with Crippen LogP contribution in [0.2, 0.25) is 0 Å². The molecule has 0 aromatic rings. The summed E-state index contributed by atoms with van der Waals surface area (Å²) < 4.78 is 0. The third kappa shape index (κ3) is 79.0. The SMILES string of the molecule is C=CC(=O)O.N=C=S. The molecule has 2 N–H and O–H groups in total. The lowest BCUT2D eigenvalue weighted by atomic mass is 10.7. The zero-order valence-electron chi connectivity index (χ0n) is 4.05. The number of carboxylic acids is 1. The number of nitrogens with one attached hydrogen (secondary N) is 1. The number of hydrogen-bond acceptors (Lipinski definition) is 3. The summed E-state index contributed by atoms with van der Waals surface area (Å²) in [5.74, 6) is -0.981. The van der Waals surface area contributed by atoms with E-state index in [1.165, 1.54) is 0 Å². The van der Waals surface area contributed by atoms with E-state index in [9.17, 15) is 4.79 Å². The summed E-state index contributed by atoms with van der Waals surface area (Å²) in [6, 6.07) is 0. The van der Waals surface area contributed by atoms with Gasteiger partial charge >= 0.3 is 5.97 Å². The van der Waals surface area contributed by atoms with Gasteiger partial charge in [-0.2, -0.15) is 0 Å². The smallest absolute Gasteiger partial charge is 0.327 e. The highest BCUT2D eigenvalue weighted by Gasteiger charge is 1.73. The summed E-state index contributed by atoms with van der Waals surface area (Å²) in [5, 5.41) is 15.0. The van der Waals surface area contributed by atoms with E-state index >= 15 is 0 Å². The van der Waals surface area contributed by atoms with Gasteiger partial charge in [0.25, 0.3) is 0 Å². The van der Waals surface area contributed by atoms with E-state index in [4.69, 9.17) is 10.5 Å². The summed E-state index contributed by atoms with van der Waals surface area (Å²) in [6.45, 7) is 2.96. The number of carboxylic acid groups (broad SMARTS) is 1. The van der Waals surface area contributed by atoms with Gasteiger partial charge in [0.05, 0.1) is 5.16 Å². The van der Waals surface area contributed by atoms with Gasteiger partial charge in [-0.25, -0.2) is 10.2 Å². The summed E-state index contributed by atoms with van der Waals surface area (Å²) in [5.41, 5.74) is 0.